The van der Waals surface area contributed by atoms with E-state index >= 15 is 0 Å². The van der Waals surface area contributed by atoms with Gasteiger partial charge in [0.05, 0.1) is 38.2 Å². The molecule has 1 amide bonds. The highest BCUT2D eigenvalue weighted by atomic mass is 16.5. The summed E-state index contributed by atoms with van der Waals surface area (Å²) in [6, 6.07) is 7.70. The van der Waals surface area contributed by atoms with Crippen molar-refractivity contribution in [2.24, 2.45) is 0 Å². The van der Waals surface area contributed by atoms with Gasteiger partial charge in [0.25, 0.3) is 0 Å². The van der Waals surface area contributed by atoms with Gasteiger partial charge in [-0.1, -0.05) is 18.2 Å². The molecule has 1 aromatic heterocycles. The maximum Gasteiger partial charge on any atom is 0.316 e. The lowest BCUT2D eigenvalue weighted by atomic mass is 10.1. The van der Waals surface area contributed by atoms with Crippen LogP contribution in [0.5, 0.6) is 11.8 Å². The van der Waals surface area contributed by atoms with Gasteiger partial charge in [-0.25, -0.2) is 9.97 Å². The van der Waals surface area contributed by atoms with Crippen molar-refractivity contribution >= 4 is 11.6 Å². The van der Waals surface area contributed by atoms with Crippen molar-refractivity contribution < 1.29 is 14.3 Å². The monoisotopic (exact) mass is 287 g/mol. The molecule has 2 aromatic rings. The van der Waals surface area contributed by atoms with Crippen molar-refractivity contribution in [1.29, 1.82) is 0 Å². The molecule has 110 valence electrons. The smallest absolute Gasteiger partial charge is 0.316 e. The van der Waals surface area contributed by atoms with Gasteiger partial charge < -0.3 is 14.8 Å². The number of aromatic nitrogens is 2. The Morgan fingerprint density at radius 2 is 1.95 bits per heavy atom. The van der Waals surface area contributed by atoms with Crippen LogP contribution in [0.2, 0.25) is 0 Å². The average molecular weight is 287 g/mol. The zero-order valence-electron chi connectivity index (χ0n) is 12.0. The van der Waals surface area contributed by atoms with Crippen LogP contribution in [0.3, 0.4) is 0 Å². The zero-order chi connectivity index (χ0) is 15.1. The molecule has 0 spiro atoms. The van der Waals surface area contributed by atoms with Gasteiger partial charge in [0, 0.05) is 5.56 Å². The van der Waals surface area contributed by atoms with Crippen LogP contribution >= 0.6 is 0 Å². The Balaban J connectivity index is 1.98. The Bertz CT molecular complexity index is 599. The topological polar surface area (TPSA) is 73.3 Å². The van der Waals surface area contributed by atoms with Crippen LogP contribution in [-0.4, -0.2) is 29.6 Å². The molecule has 0 radical (unpaired) electrons. The summed E-state index contributed by atoms with van der Waals surface area (Å²) in [4.78, 5) is 20.0. The molecule has 1 N–H and O–H groups in total. The summed E-state index contributed by atoms with van der Waals surface area (Å²) in [6.45, 7) is 2.35. The lowest BCUT2D eigenvalue weighted by Gasteiger charge is -2.08. The number of nitrogens with zero attached hydrogens (tertiary/aromatic N) is 2. The number of para-hydroxylation sites is 1. The Labute approximate surface area is 123 Å². The summed E-state index contributed by atoms with van der Waals surface area (Å²) >= 11 is 0. The fourth-order valence-electron chi connectivity index (χ4n) is 1.81. The molecule has 21 heavy (non-hydrogen) atoms. The number of benzene rings is 1. The molecule has 6 heteroatoms. The third-order valence-electron chi connectivity index (χ3n) is 2.73. The predicted octanol–water partition coefficient (Wildman–Crippen LogP) is 2.07. The van der Waals surface area contributed by atoms with Crippen LogP contribution in [0.25, 0.3) is 0 Å². The molecule has 0 saturated heterocycles. The normalized spacial score (nSPS) is 10.0. The van der Waals surface area contributed by atoms with Crippen LogP contribution in [-0.2, 0) is 11.2 Å². The van der Waals surface area contributed by atoms with E-state index in [-0.39, 0.29) is 12.3 Å². The van der Waals surface area contributed by atoms with Gasteiger partial charge in [-0.15, -0.1) is 0 Å². The van der Waals surface area contributed by atoms with E-state index < -0.39 is 0 Å². The number of amides is 1. The molecule has 0 aliphatic carbocycles. The van der Waals surface area contributed by atoms with Gasteiger partial charge in [0.2, 0.25) is 5.91 Å². The van der Waals surface area contributed by atoms with Gasteiger partial charge in [0.15, 0.2) is 0 Å². The molecular formula is C15H17N3O3. The molecule has 2 rings (SSSR count). The van der Waals surface area contributed by atoms with Gasteiger partial charge in [0.1, 0.15) is 5.75 Å². The first-order valence-corrected chi connectivity index (χ1v) is 6.59. The lowest BCUT2D eigenvalue weighted by Crippen LogP contribution is -2.15. The number of methoxy groups -OCH3 is 1. The van der Waals surface area contributed by atoms with E-state index in [0.717, 1.165) is 5.56 Å². The van der Waals surface area contributed by atoms with E-state index in [9.17, 15) is 4.79 Å². The largest absolute Gasteiger partial charge is 0.496 e. The molecule has 0 unspecified atom stereocenters. The van der Waals surface area contributed by atoms with Crippen molar-refractivity contribution in [3.05, 3.63) is 42.2 Å². The number of carbonyl (C=O) groups is 1. The number of nitrogens with one attached hydrogen (secondary N) is 1. The van der Waals surface area contributed by atoms with Crippen molar-refractivity contribution in [2.75, 3.05) is 19.0 Å². The summed E-state index contributed by atoms with van der Waals surface area (Å²) < 4.78 is 10.4. The maximum absolute atomic E-state index is 12.0. The van der Waals surface area contributed by atoms with Gasteiger partial charge in [-0.3, -0.25) is 4.79 Å². The highest BCUT2D eigenvalue weighted by molar-refractivity contribution is 5.92. The third-order valence-corrected chi connectivity index (χ3v) is 2.73. The van der Waals surface area contributed by atoms with Crippen LogP contribution in [0, 0.1) is 0 Å². The van der Waals surface area contributed by atoms with E-state index in [2.05, 4.69) is 15.3 Å². The number of hydrogen-bond donors (Lipinski definition) is 1. The number of rotatable bonds is 6. The first-order chi connectivity index (χ1) is 10.2. The minimum atomic E-state index is -0.160. The molecule has 1 heterocycles. The molecule has 0 saturated carbocycles. The molecular weight excluding hydrogens is 270 g/mol. The number of carbonyl (C=O) groups excluding carboxylic acids is 1. The Morgan fingerprint density at radius 3 is 2.62 bits per heavy atom. The van der Waals surface area contributed by atoms with Gasteiger partial charge in [-0.2, -0.15) is 0 Å². The van der Waals surface area contributed by atoms with Crippen molar-refractivity contribution in [3.8, 4) is 11.8 Å². The van der Waals surface area contributed by atoms with Crippen molar-refractivity contribution in [2.45, 2.75) is 13.3 Å². The van der Waals surface area contributed by atoms with Crippen molar-refractivity contribution in [1.82, 2.24) is 9.97 Å². The number of ether oxygens (including phenoxy) is 2. The van der Waals surface area contributed by atoms with Crippen LogP contribution in [0.15, 0.2) is 36.7 Å². The molecule has 1 aromatic carbocycles. The van der Waals surface area contributed by atoms with Gasteiger partial charge in [-0.05, 0) is 13.0 Å². The second kappa shape index (κ2) is 7.23. The minimum Gasteiger partial charge on any atom is -0.496 e. The van der Waals surface area contributed by atoms with Crippen LogP contribution in [0.4, 0.5) is 5.69 Å². The summed E-state index contributed by atoms with van der Waals surface area (Å²) in [5, 5.41) is 2.74. The highest BCUT2D eigenvalue weighted by Gasteiger charge is 2.09. The molecule has 0 fully saturated rings. The van der Waals surface area contributed by atoms with E-state index in [1.165, 1.54) is 12.4 Å². The second-order valence-electron chi connectivity index (χ2n) is 4.22. The Kier molecular flexibility index (Phi) is 5.09. The fraction of sp³-hybridized carbons (Fsp3) is 0.267. The number of hydrogen-bond acceptors (Lipinski definition) is 5. The maximum atomic E-state index is 12.0. The third kappa shape index (κ3) is 4.17. The number of anilines is 1. The summed E-state index contributed by atoms with van der Waals surface area (Å²) in [5.74, 6) is 0.530. The van der Waals surface area contributed by atoms with E-state index in [4.69, 9.17) is 9.47 Å². The fourth-order valence-corrected chi connectivity index (χ4v) is 1.81. The van der Waals surface area contributed by atoms with Crippen molar-refractivity contribution in [3.63, 3.8) is 0 Å². The molecule has 6 nitrogen and oxygen atoms in total. The highest BCUT2D eigenvalue weighted by Crippen LogP contribution is 2.18. The lowest BCUT2D eigenvalue weighted by molar-refractivity contribution is -0.115. The molecule has 0 atom stereocenters. The van der Waals surface area contributed by atoms with Crippen LogP contribution in [0.1, 0.15) is 12.5 Å². The van der Waals surface area contributed by atoms with E-state index in [0.29, 0.717) is 24.1 Å². The summed E-state index contributed by atoms with van der Waals surface area (Å²) in [6.07, 6.45) is 3.24. The predicted molar refractivity (Wildman–Crippen MR) is 78.5 cm³/mol. The Hall–Kier alpha value is -2.63. The van der Waals surface area contributed by atoms with Gasteiger partial charge >= 0.3 is 6.01 Å². The van der Waals surface area contributed by atoms with E-state index in [1.807, 2.05) is 31.2 Å². The zero-order valence-corrected chi connectivity index (χ0v) is 12.0. The summed E-state index contributed by atoms with van der Waals surface area (Å²) in [5.41, 5.74) is 1.35. The van der Waals surface area contributed by atoms with E-state index in [1.54, 1.807) is 7.11 Å². The summed E-state index contributed by atoms with van der Waals surface area (Å²) in [7, 11) is 1.58. The molecule has 0 aliphatic heterocycles. The average Bonchev–Trinajstić information content (AvgIpc) is 2.50. The second-order valence-corrected chi connectivity index (χ2v) is 4.22. The standard InChI is InChI=1S/C15H17N3O3/c1-3-21-15-16-9-12(10-17-15)18-14(19)8-11-6-4-5-7-13(11)20-2/h4-7,9-10H,3,8H2,1-2H3,(H,18,19). The SMILES string of the molecule is CCOc1ncc(NC(=O)Cc2ccccc2OC)cn1. The molecule has 0 bridgehead atoms. The first-order valence-electron chi connectivity index (χ1n) is 6.59. The minimum absolute atomic E-state index is 0.160. The first kappa shape index (κ1) is 14.8. The quantitative estimate of drug-likeness (QED) is 0.880. The van der Waals surface area contributed by atoms with Crippen LogP contribution < -0.4 is 14.8 Å². The Morgan fingerprint density at radius 1 is 1.24 bits per heavy atom. The molecule has 0 aliphatic rings.